The quantitative estimate of drug-likeness (QED) is 0.253. The summed E-state index contributed by atoms with van der Waals surface area (Å²) in [6, 6.07) is 24.0. The van der Waals surface area contributed by atoms with Crippen molar-refractivity contribution in [2.24, 2.45) is 16.9 Å². The van der Waals surface area contributed by atoms with E-state index in [0.717, 1.165) is 22.3 Å². The lowest BCUT2D eigenvalue weighted by Crippen LogP contribution is -2.54. The Morgan fingerprint density at radius 2 is 1.55 bits per heavy atom. The Morgan fingerprint density at radius 3 is 2.18 bits per heavy atom. The lowest BCUT2D eigenvalue weighted by molar-refractivity contribution is -0.122. The minimum atomic E-state index is -1.12. The number of nitrogens with zero attached hydrogens (tertiary/aromatic N) is 2. The molecule has 4 aromatic rings. The smallest absolute Gasteiger partial charge is 0.307 e. The van der Waals surface area contributed by atoms with Gasteiger partial charge in [0.15, 0.2) is 5.76 Å². The van der Waals surface area contributed by atoms with Crippen molar-refractivity contribution in [1.29, 1.82) is 0 Å². The highest BCUT2D eigenvalue weighted by atomic mass is 19.1. The van der Waals surface area contributed by atoms with Crippen LogP contribution < -0.4 is 10.3 Å². The molecule has 1 aliphatic heterocycles. The standard InChI is InChI=1S/C30H20FN3O4/c31-17-11-13-18(14-12-17)34-28(36)25-24-19-6-1-3-8-21(19)30(26(25)29(34)37,22-9-4-2-7-20(22)24)16-32-33-27(35)23-10-5-15-38-23/h1-16,24-26H,(H,33,35)/b32-16-/t24?,25-,26+,30?/m0/s1. The van der Waals surface area contributed by atoms with Gasteiger partial charge in [-0.2, -0.15) is 5.10 Å². The molecule has 0 saturated carbocycles. The zero-order valence-corrected chi connectivity index (χ0v) is 19.9. The summed E-state index contributed by atoms with van der Waals surface area (Å²) in [6.07, 6.45) is 2.97. The zero-order chi connectivity index (χ0) is 26.0. The number of rotatable bonds is 4. The lowest BCUT2D eigenvalue weighted by Gasteiger charge is -2.52. The average Bonchev–Trinajstić information content (AvgIpc) is 3.57. The van der Waals surface area contributed by atoms with Crippen molar-refractivity contribution in [1.82, 2.24) is 5.43 Å². The molecule has 4 aliphatic rings. The third-order valence-electron chi connectivity index (χ3n) is 7.95. The van der Waals surface area contributed by atoms with Crippen LogP contribution >= 0.6 is 0 Å². The van der Waals surface area contributed by atoms with E-state index in [9.17, 15) is 18.8 Å². The van der Waals surface area contributed by atoms with Crippen molar-refractivity contribution in [3.05, 3.63) is 125 Å². The van der Waals surface area contributed by atoms with E-state index in [0.29, 0.717) is 5.69 Å². The monoisotopic (exact) mass is 505 g/mol. The highest BCUT2D eigenvalue weighted by Crippen LogP contribution is 2.63. The maximum absolute atomic E-state index is 14.2. The van der Waals surface area contributed by atoms with Crippen LogP contribution in [0.15, 0.2) is 101 Å². The van der Waals surface area contributed by atoms with Crippen molar-refractivity contribution < 1.29 is 23.2 Å². The summed E-state index contributed by atoms with van der Waals surface area (Å²) >= 11 is 0. The van der Waals surface area contributed by atoms with Gasteiger partial charge in [-0.3, -0.25) is 14.4 Å². The summed E-state index contributed by atoms with van der Waals surface area (Å²) in [5, 5.41) is 4.33. The molecule has 3 amide bonds. The SMILES string of the molecule is O=C(N/N=C\C12c3ccccc3C(c3ccccc31)[C@@H]1C(=O)N(c3ccc(F)cc3)C(=O)[C@@H]12)c1ccco1. The number of furan rings is 1. The number of imide groups is 1. The van der Waals surface area contributed by atoms with Gasteiger partial charge in [-0.05, 0) is 58.7 Å². The molecule has 3 aromatic carbocycles. The van der Waals surface area contributed by atoms with E-state index < -0.39 is 29.0 Å². The first-order valence-corrected chi connectivity index (χ1v) is 12.2. The van der Waals surface area contributed by atoms with Crippen LogP contribution in [0, 0.1) is 17.7 Å². The molecule has 2 atom stereocenters. The molecule has 1 aromatic heterocycles. The first-order valence-electron chi connectivity index (χ1n) is 12.2. The molecular formula is C30H20FN3O4. The molecule has 8 rings (SSSR count). The van der Waals surface area contributed by atoms with Gasteiger partial charge in [0.25, 0.3) is 0 Å². The second-order valence-corrected chi connectivity index (χ2v) is 9.69. The Labute approximate surface area is 216 Å². The molecule has 8 heteroatoms. The van der Waals surface area contributed by atoms with Gasteiger partial charge < -0.3 is 4.42 Å². The van der Waals surface area contributed by atoms with E-state index in [1.54, 1.807) is 12.3 Å². The van der Waals surface area contributed by atoms with Gasteiger partial charge in [0.05, 0.1) is 29.2 Å². The van der Waals surface area contributed by atoms with Crippen LogP contribution in [0.25, 0.3) is 0 Å². The number of halogens is 1. The van der Waals surface area contributed by atoms with Crippen LogP contribution in [-0.2, 0) is 15.0 Å². The van der Waals surface area contributed by atoms with Crippen LogP contribution in [0.1, 0.15) is 38.7 Å². The number of nitrogens with one attached hydrogen (secondary N) is 1. The molecule has 3 aliphatic carbocycles. The molecule has 0 unspecified atom stereocenters. The minimum absolute atomic E-state index is 0.0975. The molecule has 38 heavy (non-hydrogen) atoms. The molecule has 1 fully saturated rings. The lowest BCUT2D eigenvalue weighted by atomic mass is 9.47. The topological polar surface area (TPSA) is 92.0 Å². The first-order chi connectivity index (χ1) is 18.5. The van der Waals surface area contributed by atoms with Crippen LogP contribution in [-0.4, -0.2) is 23.9 Å². The fourth-order valence-electron chi connectivity index (χ4n) is 6.55. The number of hydrogen-bond acceptors (Lipinski definition) is 5. The second-order valence-electron chi connectivity index (χ2n) is 9.69. The van der Waals surface area contributed by atoms with E-state index in [-0.39, 0.29) is 23.5 Å². The summed E-state index contributed by atoms with van der Waals surface area (Å²) in [5.74, 6) is -3.44. The molecule has 0 radical (unpaired) electrons. The van der Waals surface area contributed by atoms with Gasteiger partial charge in [-0.25, -0.2) is 14.7 Å². The number of benzene rings is 3. The molecule has 2 bridgehead atoms. The van der Waals surface area contributed by atoms with Gasteiger partial charge >= 0.3 is 5.91 Å². The van der Waals surface area contributed by atoms with E-state index in [1.165, 1.54) is 41.5 Å². The van der Waals surface area contributed by atoms with E-state index in [4.69, 9.17) is 4.42 Å². The number of carbonyl (C=O) groups is 3. The number of hydrogen-bond donors (Lipinski definition) is 1. The molecular weight excluding hydrogens is 485 g/mol. The van der Waals surface area contributed by atoms with Crippen molar-refractivity contribution in [3.63, 3.8) is 0 Å². The third-order valence-corrected chi connectivity index (χ3v) is 7.95. The Bertz CT molecular complexity index is 1600. The summed E-state index contributed by atoms with van der Waals surface area (Å²) < 4.78 is 18.8. The fourth-order valence-corrected chi connectivity index (χ4v) is 6.55. The summed E-state index contributed by atoms with van der Waals surface area (Å²) in [7, 11) is 0. The van der Waals surface area contributed by atoms with Crippen LogP contribution in [0.2, 0.25) is 0 Å². The highest BCUT2D eigenvalue weighted by Gasteiger charge is 2.68. The van der Waals surface area contributed by atoms with Crippen LogP contribution in [0.5, 0.6) is 0 Å². The van der Waals surface area contributed by atoms with Crippen LogP contribution in [0.4, 0.5) is 10.1 Å². The van der Waals surface area contributed by atoms with Crippen molar-refractivity contribution in [2.45, 2.75) is 11.3 Å². The number of anilines is 1. The van der Waals surface area contributed by atoms with Crippen molar-refractivity contribution in [3.8, 4) is 0 Å². The Balaban J connectivity index is 1.43. The number of carbonyl (C=O) groups excluding carboxylic acids is 3. The molecule has 0 spiro atoms. The van der Waals surface area contributed by atoms with Crippen molar-refractivity contribution >= 4 is 29.6 Å². The molecule has 1 N–H and O–H groups in total. The molecule has 7 nitrogen and oxygen atoms in total. The number of hydrazone groups is 1. The highest BCUT2D eigenvalue weighted by molar-refractivity contribution is 6.25. The van der Waals surface area contributed by atoms with Gasteiger partial charge in [0, 0.05) is 12.1 Å². The van der Waals surface area contributed by atoms with Gasteiger partial charge in [-0.15, -0.1) is 0 Å². The normalized spacial score (nSPS) is 24.9. The average molecular weight is 506 g/mol. The van der Waals surface area contributed by atoms with Gasteiger partial charge in [-0.1, -0.05) is 48.5 Å². The second kappa shape index (κ2) is 8.08. The fraction of sp³-hybridized carbons (Fsp3) is 0.133. The minimum Gasteiger partial charge on any atom is -0.459 e. The van der Waals surface area contributed by atoms with Gasteiger partial charge in [0.1, 0.15) is 5.82 Å². The van der Waals surface area contributed by atoms with E-state index in [2.05, 4.69) is 10.5 Å². The third kappa shape index (κ3) is 2.88. The predicted molar refractivity (Wildman–Crippen MR) is 136 cm³/mol. The Kier molecular flexibility index (Phi) is 4.75. The maximum atomic E-state index is 14.2. The Morgan fingerprint density at radius 1 is 0.895 bits per heavy atom. The summed E-state index contributed by atoms with van der Waals surface area (Å²) in [5.41, 5.74) is 5.32. The maximum Gasteiger partial charge on any atom is 0.307 e. The van der Waals surface area contributed by atoms with Crippen molar-refractivity contribution in [2.75, 3.05) is 4.90 Å². The molecule has 186 valence electrons. The molecule has 2 heterocycles. The Hall–Kier alpha value is -4.85. The first kappa shape index (κ1) is 22.4. The number of amides is 3. The predicted octanol–water partition coefficient (Wildman–Crippen LogP) is 4.39. The van der Waals surface area contributed by atoms with Crippen LogP contribution in [0.3, 0.4) is 0 Å². The van der Waals surface area contributed by atoms with Gasteiger partial charge in [0.2, 0.25) is 11.8 Å². The summed E-state index contributed by atoms with van der Waals surface area (Å²) in [6.45, 7) is 0. The zero-order valence-electron chi connectivity index (χ0n) is 19.9. The van der Waals surface area contributed by atoms with E-state index >= 15 is 0 Å². The summed E-state index contributed by atoms with van der Waals surface area (Å²) in [4.78, 5) is 41.9. The molecule has 1 saturated heterocycles. The largest absolute Gasteiger partial charge is 0.459 e. The van der Waals surface area contributed by atoms with E-state index in [1.807, 2.05) is 48.5 Å².